The van der Waals surface area contributed by atoms with Crippen LogP contribution in [0.3, 0.4) is 0 Å². The average Bonchev–Trinajstić information content (AvgIpc) is 3.72. The standard InChI is InChI=1S/C23H27N13O7/c24-16-12-17(28-4-27-16)35(5-29-12)21-15(39)10-8(43-21)3-26-23(41)32-11-14(38)7(1-2-9(37)31-10)42-20(11)36-6-30-13-18(36)33-22(25)34-19(13)40/h4-8,10-11,14-15,20-21,38-39H,1-3H2,(H,31,37)(H2,24,27,28)(H2,26,32,41)(H3,25,33,34,40)/t7-,8-,10?,11+,14?,15+,20-,21-/m1/s1. The number of aromatic nitrogens is 8. The fourth-order valence-corrected chi connectivity index (χ4v) is 5.82. The molecule has 7 heterocycles. The summed E-state index contributed by atoms with van der Waals surface area (Å²) in [6, 6.07) is -2.64. The molecule has 8 atom stereocenters. The number of H-pyrrole nitrogens is 1. The van der Waals surface area contributed by atoms with Crippen LogP contribution in [0.4, 0.5) is 16.6 Å². The second kappa shape index (κ2) is 10.1. The van der Waals surface area contributed by atoms with E-state index in [2.05, 4.69) is 45.9 Å². The second-order valence-corrected chi connectivity index (χ2v) is 10.5. The summed E-state index contributed by atoms with van der Waals surface area (Å²) in [4.78, 5) is 61.4. The highest BCUT2D eigenvalue weighted by Crippen LogP contribution is 2.35. The number of aliphatic hydroxyl groups is 2. The number of fused-ring (bicyclic) bond motifs is 5. The molecule has 20 heteroatoms. The van der Waals surface area contributed by atoms with E-state index in [4.69, 9.17) is 20.9 Å². The Kier molecular flexibility index (Phi) is 6.34. The van der Waals surface area contributed by atoms with Crippen molar-refractivity contribution in [2.24, 2.45) is 0 Å². The van der Waals surface area contributed by atoms with Gasteiger partial charge in [-0.25, -0.2) is 24.7 Å². The summed E-state index contributed by atoms with van der Waals surface area (Å²) in [5.74, 6) is -0.442. The van der Waals surface area contributed by atoms with Crippen LogP contribution < -0.4 is 33.0 Å². The maximum atomic E-state index is 13.1. The molecular weight excluding hydrogens is 570 g/mol. The first-order chi connectivity index (χ1) is 20.7. The Labute approximate surface area is 239 Å². The zero-order valence-electron chi connectivity index (χ0n) is 22.2. The molecule has 0 saturated carbocycles. The fourth-order valence-electron chi connectivity index (χ4n) is 5.82. The maximum Gasteiger partial charge on any atom is 0.315 e. The van der Waals surface area contributed by atoms with Crippen LogP contribution >= 0.6 is 0 Å². The molecule has 3 aliphatic heterocycles. The molecule has 0 radical (unpaired) electrons. The molecule has 20 nitrogen and oxygen atoms in total. The number of amides is 3. The van der Waals surface area contributed by atoms with Gasteiger partial charge in [0.05, 0.1) is 24.8 Å². The van der Waals surface area contributed by atoms with Crippen LogP contribution in [0.1, 0.15) is 25.3 Å². The summed E-state index contributed by atoms with van der Waals surface area (Å²) in [5, 5.41) is 30.5. The molecule has 226 valence electrons. The number of hydrogen-bond acceptors (Lipinski definition) is 14. The molecule has 7 rings (SSSR count). The van der Waals surface area contributed by atoms with E-state index in [1.807, 2.05) is 0 Å². The Bertz CT molecular complexity index is 1790. The van der Waals surface area contributed by atoms with Gasteiger partial charge in [0.1, 0.15) is 36.2 Å². The fraction of sp³-hybridized carbons (Fsp3) is 0.478. The summed E-state index contributed by atoms with van der Waals surface area (Å²) < 4.78 is 15.1. The lowest BCUT2D eigenvalue weighted by atomic mass is 10.0. The van der Waals surface area contributed by atoms with Crippen LogP contribution in [0.15, 0.2) is 23.8 Å². The Morgan fingerprint density at radius 2 is 1.60 bits per heavy atom. The normalized spacial score (nSPS) is 31.5. The van der Waals surface area contributed by atoms with Gasteiger partial charge >= 0.3 is 6.03 Å². The zero-order chi connectivity index (χ0) is 30.0. The van der Waals surface area contributed by atoms with Crippen molar-refractivity contribution in [1.82, 2.24) is 55.0 Å². The molecule has 2 unspecified atom stereocenters. The average molecular weight is 598 g/mol. The number of nitrogens with zero attached hydrogens (tertiary/aromatic N) is 7. The number of imidazole rings is 2. The predicted octanol–water partition coefficient (Wildman–Crippen LogP) is -3.41. The molecule has 3 saturated heterocycles. The lowest BCUT2D eigenvalue weighted by molar-refractivity contribution is -0.124. The smallest absolute Gasteiger partial charge is 0.315 e. The Morgan fingerprint density at radius 3 is 2.42 bits per heavy atom. The third-order valence-electron chi connectivity index (χ3n) is 7.88. The van der Waals surface area contributed by atoms with E-state index in [9.17, 15) is 24.6 Å². The van der Waals surface area contributed by atoms with E-state index < -0.39 is 66.5 Å². The summed E-state index contributed by atoms with van der Waals surface area (Å²) >= 11 is 0. The van der Waals surface area contributed by atoms with Crippen molar-refractivity contribution in [1.29, 1.82) is 0 Å². The van der Waals surface area contributed by atoms with E-state index in [1.165, 1.54) is 28.1 Å². The molecule has 4 aromatic heterocycles. The molecule has 10 N–H and O–H groups in total. The van der Waals surface area contributed by atoms with Crippen molar-refractivity contribution in [2.45, 2.75) is 61.8 Å². The molecule has 3 aliphatic rings. The first-order valence-corrected chi connectivity index (χ1v) is 13.4. The van der Waals surface area contributed by atoms with Crippen LogP contribution in [0.5, 0.6) is 0 Å². The van der Waals surface area contributed by atoms with Gasteiger partial charge in [-0.2, -0.15) is 4.98 Å². The van der Waals surface area contributed by atoms with E-state index >= 15 is 0 Å². The van der Waals surface area contributed by atoms with Crippen LogP contribution in [0.2, 0.25) is 0 Å². The number of ether oxygens (including phenoxy) is 2. The van der Waals surface area contributed by atoms with E-state index in [1.54, 1.807) is 0 Å². The van der Waals surface area contributed by atoms with E-state index in [0.717, 1.165) is 0 Å². The number of nitrogens with one attached hydrogen (secondary N) is 4. The molecule has 0 aliphatic carbocycles. The number of hydrogen-bond donors (Lipinski definition) is 8. The number of carbonyl (C=O) groups excluding carboxylic acids is 2. The highest BCUT2D eigenvalue weighted by atomic mass is 16.5. The molecule has 43 heavy (non-hydrogen) atoms. The van der Waals surface area contributed by atoms with Crippen molar-refractivity contribution in [3.63, 3.8) is 0 Å². The van der Waals surface area contributed by atoms with Gasteiger partial charge < -0.3 is 47.1 Å². The molecule has 3 amide bonds. The SMILES string of the molecule is Nc1nc2c(ncn2[C@@H]2O[C@@H]3CCC(=O)NC4[C@@H](CNC(=O)N[C@H]2C3O)O[C@@H](n2cnc3c(N)ncnc32)[C@H]4O)c(=O)[nH]1. The van der Waals surface area contributed by atoms with Crippen LogP contribution in [-0.2, 0) is 14.3 Å². The number of nitrogen functional groups attached to an aromatic ring is 2. The van der Waals surface area contributed by atoms with Crippen molar-refractivity contribution < 1.29 is 29.3 Å². The Morgan fingerprint density at radius 1 is 0.860 bits per heavy atom. The largest absolute Gasteiger partial charge is 0.388 e. The minimum absolute atomic E-state index is 0.00919. The number of aliphatic hydroxyl groups excluding tert-OH is 2. The van der Waals surface area contributed by atoms with Gasteiger partial charge in [-0.3, -0.25) is 23.7 Å². The second-order valence-electron chi connectivity index (χ2n) is 10.5. The monoisotopic (exact) mass is 597 g/mol. The highest BCUT2D eigenvalue weighted by Gasteiger charge is 2.49. The quantitative estimate of drug-likeness (QED) is 0.112. The molecule has 0 aromatic carbocycles. The third-order valence-corrected chi connectivity index (χ3v) is 7.88. The van der Waals surface area contributed by atoms with E-state index in [0.29, 0.717) is 11.2 Å². The minimum atomic E-state index is -1.25. The highest BCUT2D eigenvalue weighted by molar-refractivity contribution is 5.81. The molecule has 3 fully saturated rings. The van der Waals surface area contributed by atoms with Crippen molar-refractivity contribution in [3.05, 3.63) is 29.3 Å². The van der Waals surface area contributed by atoms with Gasteiger partial charge in [0.25, 0.3) is 5.56 Å². The molecule has 4 aromatic rings. The zero-order valence-corrected chi connectivity index (χ0v) is 22.2. The number of urea groups is 1. The minimum Gasteiger partial charge on any atom is -0.388 e. The van der Waals surface area contributed by atoms with Crippen molar-refractivity contribution in [2.75, 3.05) is 18.0 Å². The lowest BCUT2D eigenvalue weighted by Gasteiger charge is -2.24. The number of nitrogens with two attached hydrogens (primary N) is 2. The van der Waals surface area contributed by atoms with Gasteiger partial charge in [-0.05, 0) is 6.42 Å². The van der Waals surface area contributed by atoms with Gasteiger partial charge in [0.15, 0.2) is 35.1 Å². The third kappa shape index (κ3) is 4.47. The van der Waals surface area contributed by atoms with Gasteiger partial charge in [0.2, 0.25) is 11.9 Å². The first kappa shape index (κ1) is 26.9. The summed E-state index contributed by atoms with van der Waals surface area (Å²) in [6.45, 7) is -0.132. The van der Waals surface area contributed by atoms with Crippen LogP contribution in [0, 0.1) is 0 Å². The van der Waals surface area contributed by atoms with Gasteiger partial charge in [-0.15, -0.1) is 0 Å². The van der Waals surface area contributed by atoms with E-state index in [-0.39, 0.29) is 42.3 Å². The summed E-state index contributed by atoms with van der Waals surface area (Å²) in [6.07, 6.45) is -2.38. The first-order valence-electron chi connectivity index (χ1n) is 13.4. The van der Waals surface area contributed by atoms with Gasteiger partial charge in [-0.1, -0.05) is 0 Å². The van der Waals surface area contributed by atoms with Crippen LogP contribution in [-0.4, -0.2) is 104 Å². The van der Waals surface area contributed by atoms with Crippen molar-refractivity contribution in [3.8, 4) is 0 Å². The number of rotatable bonds is 2. The summed E-state index contributed by atoms with van der Waals surface area (Å²) in [7, 11) is 0. The van der Waals surface area contributed by atoms with Crippen LogP contribution in [0.25, 0.3) is 22.3 Å². The molecule has 0 spiro atoms. The molecular formula is C23H27N13O7. The number of anilines is 2. The molecule has 2 bridgehead atoms. The lowest BCUT2D eigenvalue weighted by Crippen LogP contribution is -2.53. The van der Waals surface area contributed by atoms with Crippen molar-refractivity contribution >= 4 is 46.0 Å². The Balaban J connectivity index is 1.16. The summed E-state index contributed by atoms with van der Waals surface area (Å²) in [5.41, 5.74) is 11.8. The van der Waals surface area contributed by atoms with Gasteiger partial charge in [0, 0.05) is 13.0 Å². The maximum absolute atomic E-state index is 13.1. The topological polar surface area (TPSA) is 288 Å². The predicted molar refractivity (Wildman–Crippen MR) is 144 cm³/mol. The number of carbonyl (C=O) groups is 2. The number of aromatic amines is 1. The Hall–Kier alpha value is -4.92.